The third kappa shape index (κ3) is 4.37. The van der Waals surface area contributed by atoms with Gasteiger partial charge in [0.15, 0.2) is 0 Å². The molecule has 0 bridgehead atoms. The Morgan fingerprint density at radius 3 is 1.67 bits per heavy atom. The van der Waals surface area contributed by atoms with Gasteiger partial charge >= 0.3 is 0 Å². The molecule has 1 nitrogen and oxygen atoms in total. The molecule has 0 aliphatic carbocycles. The fraction of sp³-hybridized carbons (Fsp3) is 0.0714. The van der Waals surface area contributed by atoms with Crippen molar-refractivity contribution in [2.75, 3.05) is 0 Å². The topological polar surface area (TPSA) is 12.4 Å². The third-order valence-corrected chi connectivity index (χ3v) is 8.92. The van der Waals surface area contributed by atoms with Gasteiger partial charge in [0.05, 0.1) is 5.70 Å². The zero-order valence-electron chi connectivity index (χ0n) is 24.2. The van der Waals surface area contributed by atoms with Crippen LogP contribution in [-0.4, -0.2) is 6.21 Å². The summed E-state index contributed by atoms with van der Waals surface area (Å²) in [5, 5.41) is 7.57. The molecule has 43 heavy (non-hydrogen) atoms. The lowest BCUT2D eigenvalue weighted by atomic mass is 9.84. The summed E-state index contributed by atoms with van der Waals surface area (Å²) in [4.78, 5) is 4.92. The predicted molar refractivity (Wildman–Crippen MR) is 185 cm³/mol. The van der Waals surface area contributed by atoms with Crippen molar-refractivity contribution in [2.24, 2.45) is 4.99 Å². The molecule has 1 aliphatic rings. The Labute approximate surface area is 252 Å². The van der Waals surface area contributed by atoms with Crippen LogP contribution < -0.4 is 0 Å². The van der Waals surface area contributed by atoms with Crippen LogP contribution in [-0.2, 0) is 0 Å². The molecule has 1 heterocycles. The Kier molecular flexibility index (Phi) is 6.23. The molecule has 7 aromatic rings. The van der Waals surface area contributed by atoms with Crippen molar-refractivity contribution >= 4 is 44.2 Å². The van der Waals surface area contributed by atoms with E-state index < -0.39 is 0 Å². The molecule has 0 spiro atoms. The molecule has 0 fully saturated rings. The molecular formula is C42H31N. The number of aliphatic imine (C=N–C) groups is 1. The summed E-state index contributed by atoms with van der Waals surface area (Å²) in [5.74, 6) is 0.328. The average Bonchev–Trinajstić information content (AvgIpc) is 3.08. The monoisotopic (exact) mass is 549 g/mol. The fourth-order valence-corrected chi connectivity index (χ4v) is 6.86. The number of hydrogen-bond donors (Lipinski definition) is 0. The maximum atomic E-state index is 4.92. The average molecular weight is 550 g/mol. The maximum absolute atomic E-state index is 4.92. The van der Waals surface area contributed by atoms with E-state index in [0.717, 1.165) is 12.1 Å². The van der Waals surface area contributed by atoms with Crippen LogP contribution in [0.2, 0.25) is 0 Å². The van der Waals surface area contributed by atoms with Gasteiger partial charge in [0, 0.05) is 17.7 Å². The van der Waals surface area contributed by atoms with Gasteiger partial charge in [-0.3, -0.25) is 4.99 Å². The number of rotatable bonds is 4. The molecule has 1 unspecified atom stereocenters. The first kappa shape index (κ1) is 25.4. The minimum Gasteiger partial charge on any atom is -0.261 e. The third-order valence-electron chi connectivity index (χ3n) is 8.92. The molecular weight excluding hydrogens is 518 g/mol. The largest absolute Gasteiger partial charge is 0.261 e. The van der Waals surface area contributed by atoms with Gasteiger partial charge in [-0.2, -0.15) is 0 Å². The second-order valence-corrected chi connectivity index (χ2v) is 11.5. The van der Waals surface area contributed by atoms with E-state index in [4.69, 9.17) is 4.99 Å². The van der Waals surface area contributed by atoms with E-state index in [1.54, 1.807) is 0 Å². The first-order chi connectivity index (χ1) is 21.3. The van der Waals surface area contributed by atoms with Crippen LogP contribution in [0.3, 0.4) is 0 Å². The molecule has 0 aromatic heterocycles. The van der Waals surface area contributed by atoms with Gasteiger partial charge in [-0.1, -0.05) is 151 Å². The SMILES string of the molecule is Cc1ccc(-c2c3ccccc3c(-c3cccc4c(C5=CC(c6ccccc6)CC=N5)cccc34)c3ccccc23)cc1. The summed E-state index contributed by atoms with van der Waals surface area (Å²) in [7, 11) is 0. The van der Waals surface area contributed by atoms with E-state index in [0.29, 0.717) is 5.92 Å². The van der Waals surface area contributed by atoms with Crippen LogP contribution in [0.5, 0.6) is 0 Å². The van der Waals surface area contributed by atoms with E-state index in [9.17, 15) is 0 Å². The van der Waals surface area contributed by atoms with Crippen LogP contribution in [0.25, 0.3) is 60.3 Å². The Morgan fingerprint density at radius 2 is 1.02 bits per heavy atom. The summed E-state index contributed by atoms with van der Waals surface area (Å²) in [6.07, 6.45) is 5.35. The second kappa shape index (κ2) is 10.5. The molecule has 7 aromatic carbocycles. The van der Waals surface area contributed by atoms with Crippen molar-refractivity contribution in [2.45, 2.75) is 19.3 Å². The Balaban J connectivity index is 1.38. The highest BCUT2D eigenvalue weighted by molar-refractivity contribution is 6.23. The normalized spacial score (nSPS) is 14.8. The summed E-state index contributed by atoms with van der Waals surface area (Å²) in [6, 6.07) is 50.9. The Hall–Kier alpha value is -5.27. The van der Waals surface area contributed by atoms with E-state index >= 15 is 0 Å². The summed E-state index contributed by atoms with van der Waals surface area (Å²) in [6.45, 7) is 2.15. The molecule has 0 saturated carbocycles. The Morgan fingerprint density at radius 1 is 0.488 bits per heavy atom. The number of aryl methyl sites for hydroxylation is 1. The maximum Gasteiger partial charge on any atom is 0.0670 e. The number of benzene rings is 7. The van der Waals surface area contributed by atoms with Gasteiger partial charge in [-0.25, -0.2) is 0 Å². The molecule has 0 N–H and O–H groups in total. The lowest BCUT2D eigenvalue weighted by molar-refractivity contribution is 0.892. The van der Waals surface area contributed by atoms with Gasteiger partial charge < -0.3 is 0 Å². The lowest BCUT2D eigenvalue weighted by Gasteiger charge is -2.20. The van der Waals surface area contributed by atoms with Gasteiger partial charge in [0.25, 0.3) is 0 Å². The number of hydrogen-bond acceptors (Lipinski definition) is 1. The zero-order valence-corrected chi connectivity index (χ0v) is 24.2. The van der Waals surface area contributed by atoms with Crippen molar-refractivity contribution < 1.29 is 0 Å². The number of allylic oxidation sites excluding steroid dienone is 1. The van der Waals surface area contributed by atoms with Gasteiger partial charge in [-0.05, 0) is 73.5 Å². The van der Waals surface area contributed by atoms with Crippen molar-refractivity contribution in [3.63, 3.8) is 0 Å². The minimum atomic E-state index is 0.328. The van der Waals surface area contributed by atoms with Crippen molar-refractivity contribution in [1.82, 2.24) is 0 Å². The van der Waals surface area contributed by atoms with Crippen molar-refractivity contribution in [3.05, 3.63) is 162 Å². The minimum absolute atomic E-state index is 0.328. The summed E-state index contributed by atoms with van der Waals surface area (Å²) in [5.41, 5.74) is 9.92. The van der Waals surface area contributed by atoms with Crippen LogP contribution in [0.15, 0.2) is 151 Å². The first-order valence-electron chi connectivity index (χ1n) is 15.1. The lowest BCUT2D eigenvalue weighted by Crippen LogP contribution is -2.02. The van der Waals surface area contributed by atoms with E-state index in [1.165, 1.54) is 71.3 Å². The number of nitrogens with zero attached hydrogens (tertiary/aromatic N) is 1. The van der Waals surface area contributed by atoms with Crippen molar-refractivity contribution in [1.29, 1.82) is 0 Å². The summed E-state index contributed by atoms with van der Waals surface area (Å²) < 4.78 is 0. The molecule has 0 saturated heterocycles. The summed E-state index contributed by atoms with van der Waals surface area (Å²) >= 11 is 0. The highest BCUT2D eigenvalue weighted by Gasteiger charge is 2.20. The molecule has 0 amide bonds. The predicted octanol–water partition coefficient (Wildman–Crippen LogP) is 11.4. The van der Waals surface area contributed by atoms with E-state index in [-0.39, 0.29) is 0 Å². The molecule has 1 atom stereocenters. The fourth-order valence-electron chi connectivity index (χ4n) is 6.86. The smallest absolute Gasteiger partial charge is 0.0670 e. The molecule has 0 radical (unpaired) electrons. The first-order valence-corrected chi connectivity index (χ1v) is 15.1. The molecule has 8 rings (SSSR count). The van der Waals surface area contributed by atoms with Gasteiger partial charge in [0.1, 0.15) is 0 Å². The molecule has 204 valence electrons. The highest BCUT2D eigenvalue weighted by atomic mass is 14.7. The van der Waals surface area contributed by atoms with Crippen molar-refractivity contribution in [3.8, 4) is 22.3 Å². The van der Waals surface area contributed by atoms with E-state index in [2.05, 4.69) is 159 Å². The van der Waals surface area contributed by atoms with E-state index in [1.807, 2.05) is 0 Å². The molecule has 1 heteroatoms. The number of fused-ring (bicyclic) bond motifs is 3. The van der Waals surface area contributed by atoms with Crippen LogP contribution in [0, 0.1) is 6.92 Å². The standard InChI is InChI=1S/C42H31N/c1-28-21-23-30(24-22-28)41-36-13-5-7-15-38(36)42(39-16-8-6-14-37(39)41)35-20-10-17-32-33(35)18-9-19-34(32)40-27-31(25-26-43-40)29-11-3-2-4-12-29/h2-24,26-27,31H,25H2,1H3. The second-order valence-electron chi connectivity index (χ2n) is 11.5. The van der Waals surface area contributed by atoms with Crippen LogP contribution in [0.4, 0.5) is 0 Å². The quantitative estimate of drug-likeness (QED) is 0.194. The van der Waals surface area contributed by atoms with Gasteiger partial charge in [0.2, 0.25) is 0 Å². The zero-order chi connectivity index (χ0) is 28.8. The van der Waals surface area contributed by atoms with Crippen LogP contribution in [0.1, 0.15) is 29.0 Å². The Bertz CT molecular complexity index is 2140. The van der Waals surface area contributed by atoms with Crippen LogP contribution >= 0.6 is 0 Å². The van der Waals surface area contributed by atoms with Gasteiger partial charge in [-0.15, -0.1) is 0 Å². The molecule has 1 aliphatic heterocycles. The highest BCUT2D eigenvalue weighted by Crippen LogP contribution is 2.46.